The Morgan fingerprint density at radius 3 is 2.71 bits per heavy atom. The number of nitrogens with zero attached hydrogens (tertiary/aromatic N) is 2. The quantitative estimate of drug-likeness (QED) is 0.781. The molecule has 1 atom stereocenters. The van der Waals surface area contributed by atoms with Gasteiger partial charge in [-0.05, 0) is 18.4 Å². The first kappa shape index (κ1) is 14.4. The third-order valence-electron chi connectivity index (χ3n) is 3.88. The lowest BCUT2D eigenvalue weighted by Gasteiger charge is -2.19. The van der Waals surface area contributed by atoms with E-state index in [0.717, 1.165) is 28.8 Å². The number of benzene rings is 1. The summed E-state index contributed by atoms with van der Waals surface area (Å²) in [5.41, 5.74) is 4.09. The van der Waals surface area contributed by atoms with Crippen molar-refractivity contribution in [2.24, 2.45) is 13.0 Å². The van der Waals surface area contributed by atoms with E-state index in [1.165, 1.54) is 0 Å². The smallest absolute Gasteiger partial charge is 0.147 e. The highest BCUT2D eigenvalue weighted by Crippen LogP contribution is 2.42. The maximum atomic E-state index is 11.3. The molecule has 2 aromatic rings. The second-order valence-corrected chi connectivity index (χ2v) is 6.05. The van der Waals surface area contributed by atoms with Gasteiger partial charge in [-0.2, -0.15) is 5.10 Å². The van der Waals surface area contributed by atoms with Crippen molar-refractivity contribution in [3.05, 3.63) is 46.1 Å². The molecular weight excluding hydrogens is 307 g/mol. The molecule has 0 radical (unpaired) electrons. The van der Waals surface area contributed by atoms with Crippen LogP contribution in [0.3, 0.4) is 0 Å². The fourth-order valence-corrected chi connectivity index (χ4v) is 3.50. The van der Waals surface area contributed by atoms with E-state index in [2.05, 4.69) is 5.10 Å². The lowest BCUT2D eigenvalue weighted by Crippen LogP contribution is -2.13. The number of carbonyl (C=O) groups is 1. The van der Waals surface area contributed by atoms with E-state index < -0.39 is 0 Å². The molecule has 0 bridgehead atoms. The Hall–Kier alpha value is -1.58. The Kier molecular flexibility index (Phi) is 3.64. The number of halogens is 2. The molecule has 0 aliphatic heterocycles. The number of fused-ring (bicyclic) bond motifs is 1. The number of hydrogen-bond acceptors (Lipinski definition) is 2. The zero-order valence-corrected chi connectivity index (χ0v) is 13.2. The molecule has 3 nitrogen and oxygen atoms in total. The van der Waals surface area contributed by atoms with Gasteiger partial charge in [-0.1, -0.05) is 48.3 Å². The molecule has 0 saturated carbocycles. The average Bonchev–Trinajstić information content (AvgIpc) is 2.76. The third-order valence-corrected chi connectivity index (χ3v) is 4.62. The van der Waals surface area contributed by atoms with Crippen LogP contribution >= 0.6 is 23.2 Å². The normalized spacial score (nSPS) is 17.8. The molecular formula is C16H14Cl2N2O. The van der Waals surface area contributed by atoms with E-state index in [1.54, 1.807) is 4.68 Å². The minimum absolute atomic E-state index is 0.0801. The van der Waals surface area contributed by atoms with Gasteiger partial charge in [-0.3, -0.25) is 9.48 Å². The van der Waals surface area contributed by atoms with Crippen LogP contribution in [-0.4, -0.2) is 16.1 Å². The first-order valence-electron chi connectivity index (χ1n) is 6.70. The monoisotopic (exact) mass is 320 g/mol. The number of aldehydes is 1. The maximum absolute atomic E-state index is 11.3. The van der Waals surface area contributed by atoms with Crippen molar-refractivity contribution >= 4 is 34.5 Å². The van der Waals surface area contributed by atoms with Crippen molar-refractivity contribution in [1.82, 2.24) is 9.78 Å². The number of rotatable bonds is 2. The van der Waals surface area contributed by atoms with Crippen molar-refractivity contribution < 1.29 is 4.79 Å². The highest BCUT2D eigenvalue weighted by molar-refractivity contribution is 6.51. The van der Waals surface area contributed by atoms with Crippen molar-refractivity contribution in [2.75, 3.05) is 0 Å². The molecule has 1 unspecified atom stereocenters. The summed E-state index contributed by atoms with van der Waals surface area (Å²) < 4.78 is 1.79. The molecule has 1 aliphatic rings. The summed E-state index contributed by atoms with van der Waals surface area (Å²) in [5, 5.41) is 5.69. The summed E-state index contributed by atoms with van der Waals surface area (Å²) in [7, 11) is 1.87. The Bertz CT molecular complexity index is 762. The van der Waals surface area contributed by atoms with Crippen molar-refractivity contribution in [3.63, 3.8) is 0 Å². The Labute approximate surface area is 133 Å². The standard InChI is InChI=1S/C16H14Cl2N2O/c1-9-7-13-14(15(18)11(9)8-21)16(20(2)19-13)10-5-3-4-6-12(10)17/h3-6,8-9H,7H2,1-2H3. The molecule has 3 rings (SSSR count). The van der Waals surface area contributed by atoms with Gasteiger partial charge in [0.05, 0.1) is 16.4 Å². The molecule has 0 fully saturated rings. The minimum Gasteiger partial charge on any atom is -0.298 e. The molecule has 1 aromatic carbocycles. The topological polar surface area (TPSA) is 34.9 Å². The van der Waals surface area contributed by atoms with Crippen LogP contribution in [0.1, 0.15) is 18.2 Å². The van der Waals surface area contributed by atoms with E-state index in [4.69, 9.17) is 23.2 Å². The van der Waals surface area contributed by atoms with E-state index in [9.17, 15) is 4.79 Å². The lowest BCUT2D eigenvalue weighted by atomic mass is 9.87. The second-order valence-electron chi connectivity index (χ2n) is 5.27. The maximum Gasteiger partial charge on any atom is 0.147 e. The molecule has 1 aliphatic carbocycles. The van der Waals surface area contributed by atoms with Crippen LogP contribution in [0, 0.1) is 5.92 Å². The van der Waals surface area contributed by atoms with Crippen LogP contribution in [-0.2, 0) is 18.3 Å². The molecule has 1 heterocycles. The van der Waals surface area contributed by atoms with E-state index in [-0.39, 0.29) is 5.92 Å². The van der Waals surface area contributed by atoms with Crippen LogP contribution in [0.25, 0.3) is 16.3 Å². The van der Waals surface area contributed by atoms with Gasteiger partial charge in [0.2, 0.25) is 0 Å². The van der Waals surface area contributed by atoms with Gasteiger partial charge in [0, 0.05) is 28.8 Å². The summed E-state index contributed by atoms with van der Waals surface area (Å²) >= 11 is 12.8. The minimum atomic E-state index is 0.0801. The van der Waals surface area contributed by atoms with Gasteiger partial charge >= 0.3 is 0 Å². The van der Waals surface area contributed by atoms with Gasteiger partial charge in [-0.25, -0.2) is 0 Å². The molecule has 0 amide bonds. The molecule has 0 spiro atoms. The van der Waals surface area contributed by atoms with Crippen LogP contribution < -0.4 is 0 Å². The predicted octanol–water partition coefficient (Wildman–Crippen LogP) is 4.08. The molecule has 0 N–H and O–H groups in total. The molecule has 1 aromatic heterocycles. The summed E-state index contributed by atoms with van der Waals surface area (Å²) in [5.74, 6) is 0.0801. The largest absolute Gasteiger partial charge is 0.298 e. The fourth-order valence-electron chi connectivity index (χ4n) is 2.84. The third kappa shape index (κ3) is 2.21. The van der Waals surface area contributed by atoms with Crippen LogP contribution in [0.4, 0.5) is 0 Å². The van der Waals surface area contributed by atoms with Crippen molar-refractivity contribution in [2.45, 2.75) is 13.3 Å². The van der Waals surface area contributed by atoms with Crippen LogP contribution in [0.15, 0.2) is 29.8 Å². The molecule has 21 heavy (non-hydrogen) atoms. The highest BCUT2D eigenvalue weighted by Gasteiger charge is 2.30. The van der Waals surface area contributed by atoms with Gasteiger partial charge in [0.1, 0.15) is 6.29 Å². The highest BCUT2D eigenvalue weighted by atomic mass is 35.5. The molecule has 0 saturated heterocycles. The fraction of sp³-hybridized carbons (Fsp3) is 0.250. The predicted molar refractivity (Wildman–Crippen MR) is 85.4 cm³/mol. The number of allylic oxidation sites excluding steroid dienone is 1. The van der Waals surface area contributed by atoms with Gasteiger partial charge in [0.25, 0.3) is 0 Å². The summed E-state index contributed by atoms with van der Waals surface area (Å²) in [6.07, 6.45) is 1.55. The Balaban J connectivity index is 2.31. The van der Waals surface area contributed by atoms with Crippen LogP contribution in [0.5, 0.6) is 0 Å². The van der Waals surface area contributed by atoms with Crippen molar-refractivity contribution in [1.29, 1.82) is 0 Å². The number of aromatic nitrogens is 2. The van der Waals surface area contributed by atoms with Gasteiger partial charge in [-0.15, -0.1) is 0 Å². The first-order valence-corrected chi connectivity index (χ1v) is 7.46. The summed E-state index contributed by atoms with van der Waals surface area (Å²) in [6, 6.07) is 7.57. The molecule has 5 heteroatoms. The van der Waals surface area contributed by atoms with Gasteiger partial charge in [0.15, 0.2) is 0 Å². The SMILES string of the molecule is CC1Cc2nn(C)c(-c3ccccc3Cl)c2C(Cl)=C1C=O. The molecule has 108 valence electrons. The van der Waals surface area contributed by atoms with Crippen LogP contribution in [0.2, 0.25) is 5.02 Å². The van der Waals surface area contributed by atoms with E-state index in [0.29, 0.717) is 22.0 Å². The summed E-state index contributed by atoms with van der Waals surface area (Å²) in [6.45, 7) is 1.99. The first-order chi connectivity index (χ1) is 10.0. The zero-order valence-electron chi connectivity index (χ0n) is 11.7. The van der Waals surface area contributed by atoms with E-state index in [1.807, 2.05) is 38.2 Å². The average molecular weight is 321 g/mol. The Morgan fingerprint density at radius 1 is 1.33 bits per heavy atom. The number of hydrogen-bond donors (Lipinski definition) is 0. The van der Waals surface area contributed by atoms with Gasteiger partial charge < -0.3 is 0 Å². The second kappa shape index (κ2) is 5.32. The number of aryl methyl sites for hydroxylation is 1. The summed E-state index contributed by atoms with van der Waals surface area (Å²) in [4.78, 5) is 11.3. The van der Waals surface area contributed by atoms with E-state index >= 15 is 0 Å². The zero-order chi connectivity index (χ0) is 15.1. The van der Waals surface area contributed by atoms with Crippen molar-refractivity contribution in [3.8, 4) is 11.3 Å². The lowest BCUT2D eigenvalue weighted by molar-refractivity contribution is -0.105. The Morgan fingerprint density at radius 2 is 2.05 bits per heavy atom. The number of carbonyl (C=O) groups excluding carboxylic acids is 1.